The second-order valence-corrected chi connectivity index (χ2v) is 5.55. The first-order valence-corrected chi connectivity index (χ1v) is 7.32. The molecule has 0 fully saturated rings. The van der Waals surface area contributed by atoms with Crippen LogP contribution >= 0.6 is 0 Å². The summed E-state index contributed by atoms with van der Waals surface area (Å²) < 4.78 is 26.9. The molecule has 1 unspecified atom stereocenters. The fraction of sp³-hybridized carbons (Fsp3) is 0.100. The van der Waals surface area contributed by atoms with Crippen LogP contribution < -0.4 is 0 Å². The molecule has 1 atom stereocenters. The van der Waals surface area contributed by atoms with Crippen LogP contribution in [0.15, 0.2) is 72.8 Å². The van der Waals surface area contributed by atoms with Crippen LogP contribution in [0.1, 0.15) is 22.3 Å². The van der Waals surface area contributed by atoms with Crippen LogP contribution in [0.2, 0.25) is 0 Å². The van der Waals surface area contributed by atoms with Crippen LogP contribution in [0, 0.1) is 18.6 Å². The van der Waals surface area contributed by atoms with Gasteiger partial charge in [-0.2, -0.15) is 0 Å². The van der Waals surface area contributed by atoms with Crippen molar-refractivity contribution in [3.05, 3.63) is 107 Å². The van der Waals surface area contributed by atoms with E-state index >= 15 is 0 Å². The average Bonchev–Trinajstić information content (AvgIpc) is 2.58. The van der Waals surface area contributed by atoms with Gasteiger partial charge in [0.25, 0.3) is 0 Å². The summed E-state index contributed by atoms with van der Waals surface area (Å²) in [7, 11) is 0. The Morgan fingerprint density at radius 2 is 1.30 bits per heavy atom. The summed E-state index contributed by atoms with van der Waals surface area (Å²) >= 11 is 0. The molecule has 3 rings (SSSR count). The van der Waals surface area contributed by atoms with Gasteiger partial charge < -0.3 is 5.11 Å². The number of hydrogen-bond acceptors (Lipinski definition) is 1. The van der Waals surface area contributed by atoms with Crippen molar-refractivity contribution in [3.63, 3.8) is 0 Å². The molecule has 0 heterocycles. The van der Waals surface area contributed by atoms with Gasteiger partial charge in [-0.05, 0) is 53.4 Å². The molecule has 1 N–H and O–H groups in total. The molecule has 3 aromatic rings. The van der Waals surface area contributed by atoms with Crippen molar-refractivity contribution in [2.24, 2.45) is 0 Å². The number of aryl methyl sites for hydroxylation is 1. The van der Waals surface area contributed by atoms with Crippen LogP contribution in [0.5, 0.6) is 0 Å². The number of rotatable bonds is 3. The first-order valence-electron chi connectivity index (χ1n) is 7.32. The van der Waals surface area contributed by atoms with Crippen molar-refractivity contribution < 1.29 is 13.9 Å². The minimum Gasteiger partial charge on any atom is -0.376 e. The zero-order valence-electron chi connectivity index (χ0n) is 12.6. The quantitative estimate of drug-likeness (QED) is 0.703. The van der Waals surface area contributed by atoms with E-state index in [4.69, 9.17) is 0 Å². The van der Waals surface area contributed by atoms with Crippen LogP contribution in [0.25, 0.3) is 0 Å². The van der Waals surface area contributed by atoms with E-state index in [2.05, 4.69) is 0 Å². The van der Waals surface area contributed by atoms with Gasteiger partial charge in [0.05, 0.1) is 0 Å². The summed E-state index contributed by atoms with van der Waals surface area (Å²) in [5.74, 6) is -0.706. The Labute approximate surface area is 133 Å². The van der Waals surface area contributed by atoms with E-state index < -0.39 is 5.60 Å². The summed E-state index contributed by atoms with van der Waals surface area (Å²) in [4.78, 5) is 0. The van der Waals surface area contributed by atoms with Crippen molar-refractivity contribution in [3.8, 4) is 0 Å². The van der Waals surface area contributed by atoms with Crippen molar-refractivity contribution in [2.75, 3.05) is 0 Å². The molecule has 0 bridgehead atoms. The third-order valence-corrected chi connectivity index (χ3v) is 4.03. The summed E-state index contributed by atoms with van der Waals surface area (Å²) in [6.45, 7) is 1.65. The van der Waals surface area contributed by atoms with E-state index in [0.717, 1.165) is 0 Å². The predicted molar refractivity (Wildman–Crippen MR) is 86.1 cm³/mol. The number of aliphatic hydroxyl groups is 1. The zero-order valence-corrected chi connectivity index (χ0v) is 12.6. The van der Waals surface area contributed by atoms with E-state index in [-0.39, 0.29) is 11.6 Å². The minimum absolute atomic E-state index is 0.330. The van der Waals surface area contributed by atoms with Crippen molar-refractivity contribution in [1.82, 2.24) is 0 Å². The molecule has 0 saturated carbocycles. The predicted octanol–water partition coefficient (Wildman–Crippen LogP) is 4.56. The first-order chi connectivity index (χ1) is 11.0. The summed E-state index contributed by atoms with van der Waals surface area (Å²) in [6, 6.07) is 19.3. The van der Waals surface area contributed by atoms with Gasteiger partial charge >= 0.3 is 0 Å². The summed E-state index contributed by atoms with van der Waals surface area (Å²) in [5.41, 5.74) is 0.662. The average molecular weight is 310 g/mol. The Hall–Kier alpha value is -2.52. The minimum atomic E-state index is -1.48. The van der Waals surface area contributed by atoms with Crippen molar-refractivity contribution in [1.29, 1.82) is 0 Å². The molecule has 0 radical (unpaired) electrons. The highest BCUT2D eigenvalue weighted by Gasteiger charge is 2.34. The zero-order chi connectivity index (χ0) is 16.4. The smallest absolute Gasteiger partial charge is 0.140 e. The topological polar surface area (TPSA) is 20.2 Å². The number of halogens is 2. The fourth-order valence-corrected chi connectivity index (χ4v) is 2.74. The maximum absolute atomic E-state index is 13.6. The highest BCUT2D eigenvalue weighted by molar-refractivity contribution is 5.47. The van der Waals surface area contributed by atoms with Crippen molar-refractivity contribution >= 4 is 0 Å². The molecule has 116 valence electrons. The lowest BCUT2D eigenvalue weighted by Gasteiger charge is -2.30. The lowest BCUT2D eigenvalue weighted by molar-refractivity contribution is 0.125. The van der Waals surface area contributed by atoms with E-state index in [0.29, 0.717) is 22.3 Å². The molecule has 3 aromatic carbocycles. The van der Waals surface area contributed by atoms with Gasteiger partial charge in [0.1, 0.15) is 17.2 Å². The SMILES string of the molecule is Cc1cc(C(O)(c2ccccc2)c2ccc(F)cc2)ccc1F. The monoisotopic (exact) mass is 310 g/mol. The maximum Gasteiger partial charge on any atom is 0.140 e. The number of benzene rings is 3. The normalized spacial score (nSPS) is 13.6. The molecule has 0 aliphatic rings. The third kappa shape index (κ3) is 2.76. The van der Waals surface area contributed by atoms with Crippen LogP contribution in [0.3, 0.4) is 0 Å². The van der Waals surface area contributed by atoms with Gasteiger partial charge in [0.15, 0.2) is 0 Å². The Morgan fingerprint density at radius 3 is 1.91 bits per heavy atom. The van der Waals surface area contributed by atoms with Crippen molar-refractivity contribution in [2.45, 2.75) is 12.5 Å². The Kier molecular flexibility index (Phi) is 3.97. The Balaban J connectivity index is 2.25. The molecular formula is C20H16F2O. The van der Waals surface area contributed by atoms with Gasteiger partial charge in [-0.15, -0.1) is 0 Å². The standard InChI is InChI=1S/C20H16F2O/c1-14-13-17(9-12-19(14)22)20(23,15-5-3-2-4-6-15)16-7-10-18(21)11-8-16/h2-13,23H,1H3. The molecule has 0 amide bonds. The van der Waals surface area contributed by atoms with Gasteiger partial charge in [-0.3, -0.25) is 0 Å². The molecule has 0 aliphatic carbocycles. The van der Waals surface area contributed by atoms with Gasteiger partial charge in [0, 0.05) is 0 Å². The molecular weight excluding hydrogens is 294 g/mol. The van der Waals surface area contributed by atoms with E-state index in [1.54, 1.807) is 43.3 Å². The lowest BCUT2D eigenvalue weighted by Crippen LogP contribution is -2.29. The van der Waals surface area contributed by atoms with Crippen LogP contribution in [0.4, 0.5) is 8.78 Å². The molecule has 0 spiro atoms. The van der Waals surface area contributed by atoms with E-state index in [1.165, 1.54) is 18.2 Å². The van der Waals surface area contributed by atoms with Gasteiger partial charge in [0.2, 0.25) is 0 Å². The Morgan fingerprint density at radius 1 is 0.739 bits per heavy atom. The maximum atomic E-state index is 13.6. The summed E-state index contributed by atoms with van der Waals surface area (Å²) in [5, 5.41) is 11.5. The van der Waals surface area contributed by atoms with Gasteiger partial charge in [-0.1, -0.05) is 48.5 Å². The second-order valence-electron chi connectivity index (χ2n) is 5.55. The highest BCUT2D eigenvalue weighted by atomic mass is 19.1. The lowest BCUT2D eigenvalue weighted by atomic mass is 9.80. The van der Waals surface area contributed by atoms with Crippen LogP contribution in [-0.4, -0.2) is 5.11 Å². The van der Waals surface area contributed by atoms with Crippen LogP contribution in [-0.2, 0) is 5.60 Å². The largest absolute Gasteiger partial charge is 0.376 e. The fourth-order valence-electron chi connectivity index (χ4n) is 2.74. The molecule has 0 aromatic heterocycles. The highest BCUT2D eigenvalue weighted by Crippen LogP contribution is 2.37. The van der Waals surface area contributed by atoms with E-state index in [1.807, 2.05) is 18.2 Å². The molecule has 0 aliphatic heterocycles. The first kappa shape index (κ1) is 15.4. The molecule has 1 nitrogen and oxygen atoms in total. The second kappa shape index (κ2) is 5.94. The third-order valence-electron chi connectivity index (χ3n) is 4.03. The van der Waals surface area contributed by atoms with Gasteiger partial charge in [-0.25, -0.2) is 8.78 Å². The molecule has 3 heteroatoms. The molecule has 0 saturated heterocycles. The molecule has 23 heavy (non-hydrogen) atoms. The Bertz CT molecular complexity index is 813. The summed E-state index contributed by atoms with van der Waals surface area (Å²) in [6.07, 6.45) is 0. The number of hydrogen-bond donors (Lipinski definition) is 1. The van der Waals surface area contributed by atoms with E-state index in [9.17, 15) is 13.9 Å².